The molecule has 13 heavy (non-hydrogen) atoms. The second-order valence-corrected chi connectivity index (χ2v) is 3.28. The van der Waals surface area contributed by atoms with Crippen LogP contribution in [0, 0.1) is 5.92 Å². The van der Waals surface area contributed by atoms with Crippen LogP contribution in [0.4, 0.5) is 0 Å². The molecule has 0 aliphatic heterocycles. The number of rotatable bonds is 6. The number of carbonyl (C=O) groups is 2. The zero-order valence-electron chi connectivity index (χ0n) is 8.04. The summed E-state index contributed by atoms with van der Waals surface area (Å²) in [5.74, 6) is -1.21. The van der Waals surface area contributed by atoms with Crippen molar-refractivity contribution in [3.8, 4) is 0 Å². The first kappa shape index (κ1) is 11.9. The number of esters is 1. The van der Waals surface area contributed by atoms with Crippen molar-refractivity contribution in [1.82, 2.24) is 0 Å². The second kappa shape index (κ2) is 6.46. The Labute approximate surface area is 77.9 Å². The van der Waals surface area contributed by atoms with Gasteiger partial charge in [-0.25, -0.2) is 0 Å². The summed E-state index contributed by atoms with van der Waals surface area (Å²) in [6, 6.07) is 0. The quantitative estimate of drug-likeness (QED) is 0.553. The highest BCUT2D eigenvalue weighted by Gasteiger charge is 2.03. The van der Waals surface area contributed by atoms with Gasteiger partial charge in [-0.15, -0.1) is 0 Å². The number of carbonyl (C=O) groups excluding carboxylic acids is 2. The minimum Gasteiger partial charge on any atom is -0.550 e. The van der Waals surface area contributed by atoms with E-state index in [0.717, 1.165) is 6.42 Å². The van der Waals surface area contributed by atoms with Gasteiger partial charge in [0.15, 0.2) is 0 Å². The molecule has 0 fully saturated rings. The fourth-order valence-corrected chi connectivity index (χ4v) is 0.685. The zero-order chi connectivity index (χ0) is 10.3. The lowest BCUT2D eigenvalue weighted by Gasteiger charge is -2.06. The van der Waals surface area contributed by atoms with E-state index in [4.69, 9.17) is 4.74 Å². The SMILES string of the molecule is CC(C)CCOC(=O)CCC(=O)[O-]. The predicted molar refractivity (Wildman–Crippen MR) is 44.7 cm³/mol. The summed E-state index contributed by atoms with van der Waals surface area (Å²) in [4.78, 5) is 20.8. The molecule has 0 N–H and O–H groups in total. The van der Waals surface area contributed by atoms with Gasteiger partial charge in [0.25, 0.3) is 0 Å². The van der Waals surface area contributed by atoms with Crippen LogP contribution in [0.3, 0.4) is 0 Å². The highest BCUT2D eigenvalue weighted by Crippen LogP contribution is 2.00. The van der Waals surface area contributed by atoms with Gasteiger partial charge in [0.1, 0.15) is 0 Å². The summed E-state index contributed by atoms with van der Waals surface area (Å²) in [5.41, 5.74) is 0. The monoisotopic (exact) mass is 187 g/mol. The predicted octanol–water partition coefficient (Wildman–Crippen LogP) is 0.106. The molecule has 0 aromatic rings. The maximum atomic E-state index is 10.8. The molecule has 0 aromatic carbocycles. The van der Waals surface area contributed by atoms with Crippen molar-refractivity contribution in [2.24, 2.45) is 5.92 Å². The summed E-state index contributed by atoms with van der Waals surface area (Å²) in [7, 11) is 0. The van der Waals surface area contributed by atoms with Gasteiger partial charge in [-0.3, -0.25) is 4.79 Å². The molecule has 0 aromatic heterocycles. The van der Waals surface area contributed by atoms with Crippen molar-refractivity contribution in [2.75, 3.05) is 6.61 Å². The van der Waals surface area contributed by atoms with Crippen LogP contribution in [0.1, 0.15) is 33.1 Å². The Morgan fingerprint density at radius 3 is 2.38 bits per heavy atom. The molecule has 0 heterocycles. The average Bonchev–Trinajstić information content (AvgIpc) is 2.00. The number of carboxylic acid groups (broad SMARTS) is 1. The summed E-state index contributed by atoms with van der Waals surface area (Å²) in [5, 5.41) is 9.97. The highest BCUT2D eigenvalue weighted by atomic mass is 16.5. The van der Waals surface area contributed by atoms with Crippen LogP contribution in [0.2, 0.25) is 0 Å². The van der Waals surface area contributed by atoms with Crippen molar-refractivity contribution in [3.63, 3.8) is 0 Å². The number of hydrogen-bond donors (Lipinski definition) is 0. The maximum absolute atomic E-state index is 10.8. The minimum absolute atomic E-state index is 0.0968. The van der Waals surface area contributed by atoms with Crippen LogP contribution in [0.5, 0.6) is 0 Å². The fourth-order valence-electron chi connectivity index (χ4n) is 0.685. The van der Waals surface area contributed by atoms with Gasteiger partial charge in [0, 0.05) is 5.97 Å². The molecule has 0 saturated carbocycles. The normalized spacial score (nSPS) is 10.1. The van der Waals surface area contributed by atoms with Crippen molar-refractivity contribution >= 4 is 11.9 Å². The molecule has 0 aliphatic carbocycles. The lowest BCUT2D eigenvalue weighted by atomic mass is 10.1. The topological polar surface area (TPSA) is 66.4 Å². The maximum Gasteiger partial charge on any atom is 0.306 e. The van der Waals surface area contributed by atoms with E-state index in [1.807, 2.05) is 13.8 Å². The third kappa shape index (κ3) is 8.85. The van der Waals surface area contributed by atoms with Crippen molar-refractivity contribution in [2.45, 2.75) is 33.1 Å². The van der Waals surface area contributed by atoms with Gasteiger partial charge < -0.3 is 14.6 Å². The zero-order valence-corrected chi connectivity index (χ0v) is 8.04. The molecule has 0 amide bonds. The van der Waals surface area contributed by atoms with Crippen LogP contribution < -0.4 is 5.11 Å². The number of ether oxygens (including phenoxy) is 1. The van der Waals surface area contributed by atoms with Gasteiger partial charge in [-0.05, 0) is 18.8 Å². The number of hydrogen-bond acceptors (Lipinski definition) is 4. The minimum atomic E-state index is -1.22. The molecule has 0 atom stereocenters. The van der Waals surface area contributed by atoms with Crippen LogP contribution in [0.15, 0.2) is 0 Å². The third-order valence-corrected chi connectivity index (χ3v) is 1.49. The lowest BCUT2D eigenvalue weighted by molar-refractivity contribution is -0.305. The summed E-state index contributed by atoms with van der Waals surface area (Å²) < 4.78 is 4.77. The standard InChI is InChI=1S/C9H16O4/c1-7(2)5-6-13-9(12)4-3-8(10)11/h7H,3-6H2,1-2H3,(H,10,11)/p-1. The molecule has 4 nitrogen and oxygen atoms in total. The first-order valence-corrected chi connectivity index (χ1v) is 4.38. The Kier molecular flexibility index (Phi) is 5.93. The van der Waals surface area contributed by atoms with E-state index in [1.54, 1.807) is 0 Å². The second-order valence-electron chi connectivity index (χ2n) is 3.28. The molecule has 0 spiro atoms. The van der Waals surface area contributed by atoms with Crippen LogP contribution >= 0.6 is 0 Å². The van der Waals surface area contributed by atoms with Crippen LogP contribution in [-0.4, -0.2) is 18.5 Å². The molecule has 4 heteroatoms. The van der Waals surface area contributed by atoms with E-state index in [0.29, 0.717) is 12.5 Å². The average molecular weight is 187 g/mol. The summed E-state index contributed by atoms with van der Waals surface area (Å²) in [6.45, 7) is 4.41. The van der Waals surface area contributed by atoms with Crippen molar-refractivity contribution in [1.29, 1.82) is 0 Å². The lowest BCUT2D eigenvalue weighted by Crippen LogP contribution is -2.23. The highest BCUT2D eigenvalue weighted by molar-refractivity contribution is 5.75. The van der Waals surface area contributed by atoms with Gasteiger partial charge in [-0.1, -0.05) is 13.8 Å². The Morgan fingerprint density at radius 2 is 1.92 bits per heavy atom. The Morgan fingerprint density at radius 1 is 1.31 bits per heavy atom. The Hall–Kier alpha value is -1.06. The molecular weight excluding hydrogens is 172 g/mol. The van der Waals surface area contributed by atoms with E-state index in [2.05, 4.69) is 0 Å². The van der Waals surface area contributed by atoms with E-state index < -0.39 is 11.9 Å². The first-order valence-electron chi connectivity index (χ1n) is 4.38. The van der Waals surface area contributed by atoms with Gasteiger partial charge in [0.2, 0.25) is 0 Å². The molecular formula is C9H15O4-. The molecule has 0 aliphatic rings. The molecule has 0 saturated heterocycles. The van der Waals surface area contributed by atoms with Crippen molar-refractivity contribution < 1.29 is 19.4 Å². The van der Waals surface area contributed by atoms with Gasteiger partial charge >= 0.3 is 5.97 Å². The summed E-state index contributed by atoms with van der Waals surface area (Å²) in [6.07, 6.45) is 0.442. The van der Waals surface area contributed by atoms with E-state index in [9.17, 15) is 14.7 Å². The molecule has 0 rings (SSSR count). The van der Waals surface area contributed by atoms with Gasteiger partial charge in [0.05, 0.1) is 13.0 Å². The molecule has 0 radical (unpaired) electrons. The molecule has 0 unspecified atom stereocenters. The Balaban J connectivity index is 3.36. The van der Waals surface area contributed by atoms with E-state index in [1.165, 1.54) is 0 Å². The van der Waals surface area contributed by atoms with Gasteiger partial charge in [-0.2, -0.15) is 0 Å². The largest absolute Gasteiger partial charge is 0.550 e. The molecule has 0 bridgehead atoms. The number of aliphatic carboxylic acids is 1. The third-order valence-electron chi connectivity index (χ3n) is 1.49. The molecule has 76 valence electrons. The van der Waals surface area contributed by atoms with E-state index >= 15 is 0 Å². The van der Waals surface area contributed by atoms with Crippen LogP contribution in [-0.2, 0) is 14.3 Å². The van der Waals surface area contributed by atoms with Crippen molar-refractivity contribution in [3.05, 3.63) is 0 Å². The first-order chi connectivity index (χ1) is 6.02. The van der Waals surface area contributed by atoms with E-state index in [-0.39, 0.29) is 12.8 Å². The summed E-state index contributed by atoms with van der Waals surface area (Å²) >= 11 is 0. The fraction of sp³-hybridized carbons (Fsp3) is 0.778. The number of carboxylic acids is 1. The smallest absolute Gasteiger partial charge is 0.306 e. The Bertz CT molecular complexity index is 174. The van der Waals surface area contributed by atoms with Crippen LogP contribution in [0.25, 0.3) is 0 Å².